The Morgan fingerprint density at radius 1 is 1.27 bits per heavy atom. The lowest BCUT2D eigenvalue weighted by molar-refractivity contribution is -0.134. The van der Waals surface area contributed by atoms with Crippen LogP contribution in [0.5, 0.6) is 0 Å². The molecule has 0 aliphatic rings. The molecular formula is C9H19NO. The van der Waals surface area contributed by atoms with Gasteiger partial charge < -0.3 is 4.90 Å². The molecule has 2 nitrogen and oxygen atoms in total. The fourth-order valence-corrected chi connectivity index (χ4v) is 1.02. The van der Waals surface area contributed by atoms with E-state index in [1.54, 1.807) is 0 Å². The predicted molar refractivity (Wildman–Crippen MR) is 47.4 cm³/mol. The van der Waals surface area contributed by atoms with Gasteiger partial charge in [0.25, 0.3) is 0 Å². The minimum atomic E-state index is 0.190. The van der Waals surface area contributed by atoms with Gasteiger partial charge in [-0.05, 0) is 20.3 Å². The van der Waals surface area contributed by atoms with Crippen molar-refractivity contribution in [1.82, 2.24) is 4.90 Å². The quantitative estimate of drug-likeness (QED) is 0.610. The number of carbonyl (C=O) groups is 1. The van der Waals surface area contributed by atoms with Crippen LogP contribution in [0.3, 0.4) is 0 Å². The molecule has 0 aromatic rings. The van der Waals surface area contributed by atoms with E-state index in [1.807, 2.05) is 32.6 Å². The van der Waals surface area contributed by atoms with Gasteiger partial charge in [0, 0.05) is 19.0 Å². The lowest BCUT2D eigenvalue weighted by atomic mass is 10.1. The Morgan fingerprint density at radius 2 is 1.73 bits per heavy atom. The maximum atomic E-state index is 11.5. The zero-order chi connectivity index (χ0) is 8.85. The third kappa shape index (κ3) is 2.91. The molecule has 0 aromatic carbocycles. The van der Waals surface area contributed by atoms with Gasteiger partial charge in [0.05, 0.1) is 0 Å². The summed E-state index contributed by atoms with van der Waals surface area (Å²) in [6.07, 6.45) is 0.940. The van der Waals surface area contributed by atoms with Crippen molar-refractivity contribution in [3.05, 3.63) is 0 Å². The van der Waals surface area contributed by atoms with Crippen LogP contribution in [0.2, 0.25) is 0 Å². The van der Waals surface area contributed by atoms with Crippen LogP contribution in [0.15, 0.2) is 0 Å². The summed E-state index contributed by atoms with van der Waals surface area (Å²) < 4.78 is 0. The number of hydrogen-bond donors (Lipinski definition) is 0. The molecule has 0 spiro atoms. The molecule has 0 N–H and O–H groups in total. The second-order valence-corrected chi connectivity index (χ2v) is 2.82. The average Bonchev–Trinajstić information content (AvgIpc) is 2.05. The van der Waals surface area contributed by atoms with E-state index in [1.165, 1.54) is 0 Å². The number of rotatable bonds is 4. The molecule has 0 fully saturated rings. The van der Waals surface area contributed by atoms with Crippen LogP contribution in [-0.4, -0.2) is 23.9 Å². The lowest BCUT2D eigenvalue weighted by Gasteiger charge is -2.21. The Bertz CT molecular complexity index is 119. The molecule has 0 saturated carbocycles. The maximum Gasteiger partial charge on any atom is 0.225 e. The highest BCUT2D eigenvalue weighted by Crippen LogP contribution is 2.05. The van der Waals surface area contributed by atoms with Crippen molar-refractivity contribution >= 4 is 5.91 Å². The summed E-state index contributed by atoms with van der Waals surface area (Å²) >= 11 is 0. The van der Waals surface area contributed by atoms with Crippen molar-refractivity contribution in [1.29, 1.82) is 0 Å². The first-order chi connectivity index (χ1) is 5.17. The Kier molecular flexibility index (Phi) is 4.92. The van der Waals surface area contributed by atoms with Crippen molar-refractivity contribution < 1.29 is 4.79 Å². The van der Waals surface area contributed by atoms with Gasteiger partial charge in [-0.3, -0.25) is 4.79 Å². The highest BCUT2D eigenvalue weighted by Gasteiger charge is 2.15. The number of hydrogen-bond acceptors (Lipinski definition) is 1. The van der Waals surface area contributed by atoms with Gasteiger partial charge in [0.2, 0.25) is 5.91 Å². The summed E-state index contributed by atoms with van der Waals surface area (Å²) in [5, 5.41) is 0. The Labute approximate surface area is 69.6 Å². The Hall–Kier alpha value is -0.530. The molecule has 0 rings (SSSR count). The fourth-order valence-electron chi connectivity index (χ4n) is 1.02. The second-order valence-electron chi connectivity index (χ2n) is 2.82. The molecular weight excluding hydrogens is 138 g/mol. The predicted octanol–water partition coefficient (Wildman–Crippen LogP) is 1.90. The number of carbonyl (C=O) groups excluding carboxylic acids is 1. The molecule has 0 radical (unpaired) electrons. The fraction of sp³-hybridized carbons (Fsp3) is 0.889. The highest BCUT2D eigenvalue weighted by molar-refractivity contribution is 5.78. The molecule has 0 bridgehead atoms. The SMILES string of the molecule is CC[C@H](C)C(=O)N(CC)CC. The summed E-state index contributed by atoms with van der Waals surface area (Å²) in [5.74, 6) is 0.479. The number of nitrogens with zero attached hydrogens (tertiary/aromatic N) is 1. The molecule has 0 aliphatic carbocycles. The second kappa shape index (κ2) is 5.16. The molecule has 0 aromatic heterocycles. The van der Waals surface area contributed by atoms with Crippen LogP contribution < -0.4 is 0 Å². The molecule has 66 valence electrons. The zero-order valence-electron chi connectivity index (χ0n) is 8.05. The van der Waals surface area contributed by atoms with Gasteiger partial charge >= 0.3 is 0 Å². The standard InChI is InChI=1S/C9H19NO/c1-5-8(4)9(11)10(6-2)7-3/h8H,5-7H2,1-4H3/t8-/m0/s1. The Balaban J connectivity index is 3.97. The minimum Gasteiger partial charge on any atom is -0.343 e. The van der Waals surface area contributed by atoms with Crippen LogP contribution in [0.4, 0.5) is 0 Å². The van der Waals surface area contributed by atoms with Gasteiger partial charge in [-0.2, -0.15) is 0 Å². The molecule has 1 atom stereocenters. The first-order valence-electron chi connectivity index (χ1n) is 4.46. The van der Waals surface area contributed by atoms with Crippen molar-refractivity contribution in [2.75, 3.05) is 13.1 Å². The van der Waals surface area contributed by atoms with E-state index < -0.39 is 0 Å². The average molecular weight is 157 g/mol. The van der Waals surface area contributed by atoms with Crippen LogP contribution in [0.25, 0.3) is 0 Å². The van der Waals surface area contributed by atoms with E-state index in [0.717, 1.165) is 19.5 Å². The topological polar surface area (TPSA) is 20.3 Å². The van der Waals surface area contributed by atoms with Gasteiger partial charge in [-0.1, -0.05) is 13.8 Å². The van der Waals surface area contributed by atoms with E-state index in [9.17, 15) is 4.79 Å². The van der Waals surface area contributed by atoms with E-state index in [0.29, 0.717) is 0 Å². The molecule has 1 amide bonds. The van der Waals surface area contributed by atoms with Gasteiger partial charge in [0.15, 0.2) is 0 Å². The smallest absolute Gasteiger partial charge is 0.225 e. The number of amides is 1. The third-order valence-corrected chi connectivity index (χ3v) is 2.11. The summed E-state index contributed by atoms with van der Waals surface area (Å²) in [4.78, 5) is 13.3. The molecule has 0 heterocycles. The zero-order valence-corrected chi connectivity index (χ0v) is 8.05. The van der Waals surface area contributed by atoms with E-state index in [4.69, 9.17) is 0 Å². The largest absolute Gasteiger partial charge is 0.343 e. The molecule has 0 unspecified atom stereocenters. The van der Waals surface area contributed by atoms with Crippen LogP contribution in [0, 0.1) is 5.92 Å². The van der Waals surface area contributed by atoms with E-state index in [2.05, 4.69) is 0 Å². The normalized spacial score (nSPS) is 12.7. The summed E-state index contributed by atoms with van der Waals surface area (Å²) in [7, 11) is 0. The van der Waals surface area contributed by atoms with Crippen LogP contribution in [-0.2, 0) is 4.79 Å². The summed E-state index contributed by atoms with van der Waals surface area (Å²) in [6.45, 7) is 9.74. The molecule has 0 saturated heterocycles. The van der Waals surface area contributed by atoms with E-state index in [-0.39, 0.29) is 11.8 Å². The molecule has 2 heteroatoms. The van der Waals surface area contributed by atoms with Crippen LogP contribution >= 0.6 is 0 Å². The first-order valence-corrected chi connectivity index (χ1v) is 4.46. The van der Waals surface area contributed by atoms with Crippen LogP contribution in [0.1, 0.15) is 34.1 Å². The van der Waals surface area contributed by atoms with Gasteiger partial charge in [-0.25, -0.2) is 0 Å². The molecule has 0 aliphatic heterocycles. The summed E-state index contributed by atoms with van der Waals surface area (Å²) in [5.41, 5.74) is 0. The van der Waals surface area contributed by atoms with Gasteiger partial charge in [-0.15, -0.1) is 0 Å². The minimum absolute atomic E-state index is 0.190. The van der Waals surface area contributed by atoms with Gasteiger partial charge in [0.1, 0.15) is 0 Å². The summed E-state index contributed by atoms with van der Waals surface area (Å²) in [6, 6.07) is 0. The maximum absolute atomic E-state index is 11.5. The first kappa shape index (κ1) is 10.5. The lowest BCUT2D eigenvalue weighted by Crippen LogP contribution is -2.34. The molecule has 11 heavy (non-hydrogen) atoms. The van der Waals surface area contributed by atoms with Crippen molar-refractivity contribution in [2.45, 2.75) is 34.1 Å². The Morgan fingerprint density at radius 3 is 2.00 bits per heavy atom. The monoisotopic (exact) mass is 157 g/mol. The third-order valence-electron chi connectivity index (χ3n) is 2.11. The highest BCUT2D eigenvalue weighted by atomic mass is 16.2. The van der Waals surface area contributed by atoms with Crippen molar-refractivity contribution in [2.24, 2.45) is 5.92 Å². The van der Waals surface area contributed by atoms with E-state index >= 15 is 0 Å². The van der Waals surface area contributed by atoms with Crippen molar-refractivity contribution in [3.63, 3.8) is 0 Å². The van der Waals surface area contributed by atoms with Crippen molar-refractivity contribution in [3.8, 4) is 0 Å².